The summed E-state index contributed by atoms with van der Waals surface area (Å²) in [7, 11) is 0. The smallest absolute Gasteiger partial charge is 0.286 e. The summed E-state index contributed by atoms with van der Waals surface area (Å²) in [6, 6.07) is 2.08. The Morgan fingerprint density at radius 2 is 2.19 bits per heavy atom. The number of nitrogens with zero attached hydrogens (tertiary/aromatic N) is 2. The van der Waals surface area contributed by atoms with Crippen LogP contribution >= 0.6 is 23.1 Å². The summed E-state index contributed by atoms with van der Waals surface area (Å²) in [5, 5.41) is 2.94. The molecule has 1 saturated heterocycles. The Kier molecular flexibility index (Phi) is 4.47. The molecule has 0 bridgehead atoms. The fraction of sp³-hybridized carbons (Fsp3) is 0.467. The second-order valence-corrected chi connectivity index (χ2v) is 7.33. The number of hydrogen-bond donors (Lipinski definition) is 1. The minimum absolute atomic E-state index is 0.0898. The maximum Gasteiger partial charge on any atom is 0.286 e. The molecule has 0 aliphatic carbocycles. The summed E-state index contributed by atoms with van der Waals surface area (Å²) in [5.41, 5.74) is 1.22. The van der Waals surface area contributed by atoms with E-state index in [-0.39, 0.29) is 5.91 Å². The molecule has 1 N–H and O–H groups in total. The van der Waals surface area contributed by atoms with Crippen LogP contribution in [-0.4, -0.2) is 48.7 Å². The lowest BCUT2D eigenvalue weighted by Crippen LogP contribution is -3.14. The molecular weight excluding hydrogens is 302 g/mol. The highest BCUT2D eigenvalue weighted by molar-refractivity contribution is 8.18. The van der Waals surface area contributed by atoms with E-state index in [1.807, 2.05) is 6.08 Å². The van der Waals surface area contributed by atoms with Crippen molar-refractivity contribution in [3.8, 4) is 0 Å². The Morgan fingerprint density at radius 1 is 1.43 bits per heavy atom. The van der Waals surface area contributed by atoms with Crippen LogP contribution in [0.2, 0.25) is 0 Å². The first kappa shape index (κ1) is 14.8. The number of thioether (sulfide) groups is 1. The molecule has 3 rings (SSSR count). The van der Waals surface area contributed by atoms with Crippen LogP contribution in [0.1, 0.15) is 17.4 Å². The van der Waals surface area contributed by atoms with Crippen LogP contribution in [0.15, 0.2) is 21.3 Å². The van der Waals surface area contributed by atoms with Gasteiger partial charge in [0.15, 0.2) is 5.17 Å². The van der Waals surface area contributed by atoms with Crippen LogP contribution in [0.3, 0.4) is 0 Å². The van der Waals surface area contributed by atoms with Crippen molar-refractivity contribution in [1.82, 2.24) is 4.90 Å². The van der Waals surface area contributed by atoms with Crippen LogP contribution in [-0.2, 0) is 4.79 Å². The molecule has 0 radical (unpaired) electrons. The van der Waals surface area contributed by atoms with Gasteiger partial charge in [-0.3, -0.25) is 4.79 Å². The Hall–Kier alpha value is -1.11. The highest BCUT2D eigenvalue weighted by atomic mass is 32.2. The number of likely N-dealkylation sites (N-methyl/N-ethyl adjacent to an activating group) is 1. The number of aryl methyl sites for hydroxylation is 1. The number of amides is 1. The maximum atomic E-state index is 12.1. The molecule has 1 aromatic rings. The molecule has 4 nitrogen and oxygen atoms in total. The zero-order chi connectivity index (χ0) is 14.8. The van der Waals surface area contributed by atoms with Crippen molar-refractivity contribution in [3.63, 3.8) is 0 Å². The molecule has 0 atom stereocenters. The Bertz CT molecular complexity index is 598. The Morgan fingerprint density at radius 3 is 2.81 bits per heavy atom. The van der Waals surface area contributed by atoms with Crippen molar-refractivity contribution in [2.24, 2.45) is 4.99 Å². The van der Waals surface area contributed by atoms with Crippen molar-refractivity contribution >= 4 is 40.2 Å². The number of rotatable bonds is 2. The number of nitrogens with one attached hydrogen (secondary N) is 1. The third kappa shape index (κ3) is 3.22. The van der Waals surface area contributed by atoms with Gasteiger partial charge in [0.1, 0.15) is 0 Å². The maximum absolute atomic E-state index is 12.1. The minimum Gasteiger partial charge on any atom is -0.339 e. The number of amidine groups is 1. The number of piperazine rings is 1. The molecule has 1 fully saturated rings. The molecule has 2 aliphatic heterocycles. The summed E-state index contributed by atoms with van der Waals surface area (Å²) in [6.07, 6.45) is 1.98. The van der Waals surface area contributed by atoms with Gasteiger partial charge in [0.2, 0.25) is 0 Å². The second-order valence-electron chi connectivity index (χ2n) is 5.37. The lowest BCUT2D eigenvalue weighted by Gasteiger charge is -2.32. The third-order valence-electron chi connectivity index (χ3n) is 4.01. The van der Waals surface area contributed by atoms with Crippen LogP contribution < -0.4 is 4.90 Å². The van der Waals surface area contributed by atoms with Gasteiger partial charge in [-0.1, -0.05) is 0 Å². The van der Waals surface area contributed by atoms with E-state index in [2.05, 4.69) is 35.2 Å². The normalized spacial score (nSPS) is 22.2. The average molecular weight is 322 g/mol. The van der Waals surface area contributed by atoms with Crippen molar-refractivity contribution < 1.29 is 9.69 Å². The van der Waals surface area contributed by atoms with Gasteiger partial charge in [0, 0.05) is 4.88 Å². The average Bonchev–Trinajstić information content (AvgIpc) is 3.07. The molecule has 3 heterocycles. The van der Waals surface area contributed by atoms with Gasteiger partial charge in [0.05, 0.1) is 37.6 Å². The van der Waals surface area contributed by atoms with E-state index in [0.29, 0.717) is 0 Å². The predicted octanol–water partition coefficient (Wildman–Crippen LogP) is 1.25. The topological polar surface area (TPSA) is 37.1 Å². The third-order valence-corrected chi connectivity index (χ3v) is 6.02. The predicted molar refractivity (Wildman–Crippen MR) is 89.9 cm³/mol. The quantitative estimate of drug-likeness (QED) is 0.833. The summed E-state index contributed by atoms with van der Waals surface area (Å²) >= 11 is 3.19. The summed E-state index contributed by atoms with van der Waals surface area (Å²) in [6.45, 7) is 9.72. The molecule has 0 aromatic carbocycles. The molecular formula is C15H20N3OS2+. The van der Waals surface area contributed by atoms with E-state index in [0.717, 1.165) is 41.1 Å². The molecule has 21 heavy (non-hydrogen) atoms. The first-order valence-corrected chi connectivity index (χ1v) is 9.02. The first-order chi connectivity index (χ1) is 10.2. The van der Waals surface area contributed by atoms with Crippen LogP contribution in [0, 0.1) is 6.92 Å². The fourth-order valence-corrected chi connectivity index (χ4v) is 4.43. The lowest BCUT2D eigenvalue weighted by atomic mass is 10.3. The number of hydrogen-bond acceptors (Lipinski definition) is 4. The van der Waals surface area contributed by atoms with E-state index < -0.39 is 0 Å². The van der Waals surface area contributed by atoms with Gasteiger partial charge in [-0.15, -0.1) is 11.3 Å². The van der Waals surface area contributed by atoms with Crippen molar-refractivity contribution in [3.05, 3.63) is 26.8 Å². The number of carbonyl (C=O) groups excluding carboxylic acids is 1. The van der Waals surface area contributed by atoms with Gasteiger partial charge < -0.3 is 9.80 Å². The molecule has 0 unspecified atom stereocenters. The first-order valence-electron chi connectivity index (χ1n) is 7.32. The molecule has 0 saturated carbocycles. The largest absolute Gasteiger partial charge is 0.339 e. The van der Waals surface area contributed by atoms with Gasteiger partial charge in [-0.2, -0.15) is 4.99 Å². The number of carbonyl (C=O) groups is 1. The molecule has 6 heteroatoms. The van der Waals surface area contributed by atoms with Crippen molar-refractivity contribution in [2.45, 2.75) is 13.8 Å². The highest BCUT2D eigenvalue weighted by Crippen LogP contribution is 2.32. The van der Waals surface area contributed by atoms with E-state index >= 15 is 0 Å². The molecule has 2 aliphatic rings. The van der Waals surface area contributed by atoms with Gasteiger partial charge in [0.25, 0.3) is 5.91 Å². The zero-order valence-electron chi connectivity index (χ0n) is 12.4. The van der Waals surface area contributed by atoms with Crippen molar-refractivity contribution in [2.75, 3.05) is 32.7 Å². The fourth-order valence-electron chi connectivity index (χ4n) is 2.55. The summed E-state index contributed by atoms with van der Waals surface area (Å²) in [5.74, 6) is -0.0898. The summed E-state index contributed by atoms with van der Waals surface area (Å²) in [4.78, 5) is 22.1. The second kappa shape index (κ2) is 6.34. The SMILES string of the molecule is CC[NH+]1CCN(C2=NC(=O)/C(=C/c3sccc3C)S2)CC1. The number of aliphatic imine (C=N–C) groups is 1. The minimum atomic E-state index is -0.0898. The number of thiophene rings is 1. The van der Waals surface area contributed by atoms with Crippen LogP contribution in [0.25, 0.3) is 6.08 Å². The Balaban J connectivity index is 1.68. The Labute approximate surface area is 133 Å². The van der Waals surface area contributed by atoms with Crippen LogP contribution in [0.5, 0.6) is 0 Å². The van der Waals surface area contributed by atoms with E-state index in [1.54, 1.807) is 16.2 Å². The van der Waals surface area contributed by atoms with Crippen molar-refractivity contribution in [1.29, 1.82) is 0 Å². The molecule has 112 valence electrons. The van der Waals surface area contributed by atoms with E-state index in [4.69, 9.17) is 0 Å². The van der Waals surface area contributed by atoms with Gasteiger partial charge in [-0.25, -0.2) is 0 Å². The van der Waals surface area contributed by atoms with E-state index in [1.165, 1.54) is 23.9 Å². The zero-order valence-corrected chi connectivity index (χ0v) is 14.0. The lowest BCUT2D eigenvalue weighted by molar-refractivity contribution is -0.902. The molecule has 1 amide bonds. The molecule has 1 aromatic heterocycles. The number of quaternary nitrogens is 1. The standard InChI is InChI=1S/C15H19N3OS2/c1-3-17-5-7-18(8-6-17)15-16-14(19)13(21-15)10-12-11(2)4-9-20-12/h4,9-10H,3,5-8H2,1-2H3/p+1/b13-10-. The van der Waals surface area contributed by atoms with Gasteiger partial charge >= 0.3 is 0 Å². The molecule has 0 spiro atoms. The van der Waals surface area contributed by atoms with E-state index in [9.17, 15) is 4.79 Å². The van der Waals surface area contributed by atoms with Crippen LogP contribution in [0.4, 0.5) is 0 Å². The highest BCUT2D eigenvalue weighted by Gasteiger charge is 2.29. The van der Waals surface area contributed by atoms with Gasteiger partial charge in [-0.05, 0) is 48.7 Å². The summed E-state index contributed by atoms with van der Waals surface area (Å²) < 4.78 is 0. The monoisotopic (exact) mass is 322 g/mol.